The van der Waals surface area contributed by atoms with Crippen LogP contribution >= 0.6 is 0 Å². The Hall–Kier alpha value is -4.25. The van der Waals surface area contributed by atoms with E-state index in [-0.39, 0.29) is 29.1 Å². The quantitative estimate of drug-likeness (QED) is 0.285. The van der Waals surface area contributed by atoms with Crippen LogP contribution < -0.4 is 23.8 Å². The molecule has 2 atom stereocenters. The number of rotatable bonds is 14. The van der Waals surface area contributed by atoms with Crippen molar-refractivity contribution in [3.63, 3.8) is 0 Å². The largest absolute Gasteiger partial charge is 0.497 e. The normalized spacial score (nSPS) is 12.5. The van der Waals surface area contributed by atoms with Gasteiger partial charge in [-0.2, -0.15) is 0 Å². The summed E-state index contributed by atoms with van der Waals surface area (Å²) in [6.07, 6.45) is 0.712. The van der Waals surface area contributed by atoms with E-state index >= 15 is 0 Å². The molecule has 3 rings (SSSR count). The van der Waals surface area contributed by atoms with Gasteiger partial charge in [-0.25, -0.2) is 8.42 Å². The lowest BCUT2D eigenvalue weighted by atomic mass is 10.1. The molecule has 0 aliphatic rings. The van der Waals surface area contributed by atoms with Crippen LogP contribution in [0.25, 0.3) is 0 Å². The maximum atomic E-state index is 14.1. The van der Waals surface area contributed by atoms with Gasteiger partial charge in [0.2, 0.25) is 11.8 Å². The monoisotopic (exact) mass is 611 g/mol. The maximum absolute atomic E-state index is 14.1. The molecule has 0 fully saturated rings. The second kappa shape index (κ2) is 14.8. The average molecular weight is 612 g/mol. The van der Waals surface area contributed by atoms with Crippen molar-refractivity contribution in [3.05, 3.63) is 77.9 Å². The smallest absolute Gasteiger partial charge is 0.264 e. The molecule has 43 heavy (non-hydrogen) atoms. The number of anilines is 1. The van der Waals surface area contributed by atoms with Gasteiger partial charge in [0.1, 0.15) is 18.3 Å². The summed E-state index contributed by atoms with van der Waals surface area (Å²) in [6.45, 7) is 6.79. The molecule has 0 saturated heterocycles. The van der Waals surface area contributed by atoms with Crippen LogP contribution in [-0.2, 0) is 26.2 Å². The zero-order valence-corrected chi connectivity index (χ0v) is 26.6. The van der Waals surface area contributed by atoms with E-state index in [1.54, 1.807) is 56.5 Å². The molecule has 0 unspecified atom stereocenters. The Balaban J connectivity index is 2.09. The van der Waals surface area contributed by atoms with Crippen molar-refractivity contribution in [2.45, 2.75) is 57.6 Å². The van der Waals surface area contributed by atoms with Crippen molar-refractivity contribution in [2.24, 2.45) is 0 Å². The number of benzene rings is 3. The van der Waals surface area contributed by atoms with E-state index in [0.29, 0.717) is 23.7 Å². The van der Waals surface area contributed by atoms with Crippen molar-refractivity contribution in [3.8, 4) is 17.2 Å². The van der Waals surface area contributed by atoms with Gasteiger partial charge < -0.3 is 24.4 Å². The van der Waals surface area contributed by atoms with Crippen LogP contribution in [-0.4, -0.2) is 65.1 Å². The number of sulfonamides is 1. The first-order chi connectivity index (χ1) is 20.4. The minimum absolute atomic E-state index is 0.0163. The SMILES string of the molecule is CC[C@H](C)NC(=O)[C@@H](C)N(Cc1cccc(OC)c1)C(=O)CN(c1ccc(OC)c(OC)c1)S(=O)(=O)c1ccc(C)cc1. The van der Waals surface area contributed by atoms with Crippen molar-refractivity contribution in [2.75, 3.05) is 32.2 Å². The number of nitrogens with one attached hydrogen (secondary N) is 1. The highest BCUT2D eigenvalue weighted by molar-refractivity contribution is 7.92. The van der Waals surface area contributed by atoms with E-state index in [4.69, 9.17) is 14.2 Å². The number of hydrogen-bond acceptors (Lipinski definition) is 7. The fourth-order valence-electron chi connectivity index (χ4n) is 4.36. The number of methoxy groups -OCH3 is 3. The third kappa shape index (κ3) is 8.19. The minimum atomic E-state index is -4.23. The third-order valence-corrected chi connectivity index (χ3v) is 8.99. The van der Waals surface area contributed by atoms with Crippen LogP contribution in [0.3, 0.4) is 0 Å². The van der Waals surface area contributed by atoms with Crippen LogP contribution in [0.5, 0.6) is 17.2 Å². The van der Waals surface area contributed by atoms with Crippen molar-refractivity contribution in [1.82, 2.24) is 10.2 Å². The average Bonchev–Trinajstić information content (AvgIpc) is 3.01. The fourth-order valence-corrected chi connectivity index (χ4v) is 5.77. The highest BCUT2D eigenvalue weighted by Gasteiger charge is 2.33. The molecule has 0 spiro atoms. The van der Waals surface area contributed by atoms with E-state index in [9.17, 15) is 18.0 Å². The topological polar surface area (TPSA) is 114 Å². The number of carbonyl (C=O) groups excluding carboxylic acids is 2. The molecule has 3 aromatic carbocycles. The van der Waals surface area contributed by atoms with Crippen LogP contribution in [0, 0.1) is 6.92 Å². The van der Waals surface area contributed by atoms with Gasteiger partial charge >= 0.3 is 0 Å². The standard InChI is InChI=1S/C32H41N3O7S/c1-8-23(3)33-32(37)24(4)34(20-25-10-9-11-27(18-25)40-5)31(36)21-35(26-14-17-29(41-6)30(19-26)42-7)43(38,39)28-15-12-22(2)13-16-28/h9-19,23-24H,8,20-21H2,1-7H3,(H,33,37)/t23-,24+/m0/s1. The van der Waals surface area contributed by atoms with Gasteiger partial charge in [-0.05, 0) is 69.2 Å². The summed E-state index contributed by atoms with van der Waals surface area (Å²) < 4.78 is 45.3. The van der Waals surface area contributed by atoms with Crippen LogP contribution in [0.15, 0.2) is 71.6 Å². The molecule has 0 aliphatic carbocycles. The van der Waals surface area contributed by atoms with Crippen LogP contribution in [0.4, 0.5) is 5.69 Å². The zero-order chi connectivity index (χ0) is 31.7. The van der Waals surface area contributed by atoms with Gasteiger partial charge in [0.15, 0.2) is 11.5 Å². The number of nitrogens with zero attached hydrogens (tertiary/aromatic N) is 2. The lowest BCUT2D eigenvalue weighted by molar-refractivity contribution is -0.139. The third-order valence-electron chi connectivity index (χ3n) is 7.20. The van der Waals surface area contributed by atoms with Gasteiger partial charge in [0.25, 0.3) is 10.0 Å². The van der Waals surface area contributed by atoms with Gasteiger partial charge in [0.05, 0.1) is 31.9 Å². The highest BCUT2D eigenvalue weighted by atomic mass is 32.2. The predicted octanol–water partition coefficient (Wildman–Crippen LogP) is 4.55. The minimum Gasteiger partial charge on any atom is -0.497 e. The molecule has 0 saturated carbocycles. The maximum Gasteiger partial charge on any atom is 0.264 e. The summed E-state index contributed by atoms with van der Waals surface area (Å²) in [4.78, 5) is 28.8. The first-order valence-corrected chi connectivity index (χ1v) is 15.4. The second-order valence-electron chi connectivity index (χ2n) is 10.2. The highest BCUT2D eigenvalue weighted by Crippen LogP contribution is 2.34. The summed E-state index contributed by atoms with van der Waals surface area (Å²) >= 11 is 0. The molecule has 0 bridgehead atoms. The summed E-state index contributed by atoms with van der Waals surface area (Å²) in [5, 5.41) is 2.93. The summed E-state index contributed by atoms with van der Waals surface area (Å²) in [5.74, 6) is 0.381. The Kier molecular flexibility index (Phi) is 11.4. The Morgan fingerprint density at radius 3 is 2.16 bits per heavy atom. The molecular weight excluding hydrogens is 570 g/mol. The van der Waals surface area contributed by atoms with Gasteiger partial charge in [-0.1, -0.05) is 36.8 Å². The number of carbonyl (C=O) groups is 2. The van der Waals surface area contributed by atoms with Gasteiger partial charge in [-0.3, -0.25) is 13.9 Å². The first kappa shape index (κ1) is 33.3. The Labute approximate surface area is 254 Å². The molecule has 0 aromatic heterocycles. The van der Waals surface area contributed by atoms with E-state index in [0.717, 1.165) is 15.4 Å². The second-order valence-corrected chi connectivity index (χ2v) is 12.1. The van der Waals surface area contributed by atoms with Crippen LogP contribution in [0.1, 0.15) is 38.3 Å². The molecule has 0 aliphatic heterocycles. The first-order valence-electron chi connectivity index (χ1n) is 14.0. The number of hydrogen-bond donors (Lipinski definition) is 1. The lowest BCUT2D eigenvalue weighted by Crippen LogP contribution is -2.52. The predicted molar refractivity (Wildman–Crippen MR) is 166 cm³/mol. The Bertz CT molecular complexity index is 1510. The molecule has 11 heteroatoms. The number of ether oxygens (including phenoxy) is 3. The molecule has 10 nitrogen and oxygen atoms in total. The van der Waals surface area contributed by atoms with Crippen molar-refractivity contribution < 1.29 is 32.2 Å². The van der Waals surface area contributed by atoms with Crippen LogP contribution in [0.2, 0.25) is 0 Å². The summed E-state index contributed by atoms with van der Waals surface area (Å²) in [6, 6.07) is 17.2. The molecule has 2 amide bonds. The lowest BCUT2D eigenvalue weighted by Gasteiger charge is -2.32. The molecule has 232 valence electrons. The van der Waals surface area contributed by atoms with Crippen molar-refractivity contribution >= 4 is 27.5 Å². The Morgan fingerprint density at radius 2 is 1.56 bits per heavy atom. The Morgan fingerprint density at radius 1 is 0.884 bits per heavy atom. The van der Waals surface area contributed by atoms with E-state index in [1.807, 2.05) is 26.8 Å². The van der Waals surface area contributed by atoms with Crippen molar-refractivity contribution in [1.29, 1.82) is 0 Å². The fraction of sp³-hybridized carbons (Fsp3) is 0.375. The molecule has 0 heterocycles. The zero-order valence-electron chi connectivity index (χ0n) is 25.8. The molecule has 1 N–H and O–H groups in total. The van der Waals surface area contributed by atoms with Gasteiger partial charge in [-0.15, -0.1) is 0 Å². The van der Waals surface area contributed by atoms with E-state index in [1.165, 1.54) is 37.3 Å². The molecular formula is C32H41N3O7S. The van der Waals surface area contributed by atoms with Gasteiger partial charge in [0, 0.05) is 18.7 Å². The summed E-state index contributed by atoms with van der Waals surface area (Å²) in [5.41, 5.74) is 1.80. The van der Waals surface area contributed by atoms with E-state index < -0.39 is 28.5 Å². The number of amides is 2. The molecule has 0 radical (unpaired) electrons. The van der Waals surface area contributed by atoms with E-state index in [2.05, 4.69) is 5.32 Å². The summed E-state index contributed by atoms with van der Waals surface area (Å²) in [7, 11) is 0.235. The number of aryl methyl sites for hydroxylation is 1. The molecule has 3 aromatic rings.